The number of carbonyl (C=O) groups is 2. The Morgan fingerprint density at radius 3 is 2.56 bits per heavy atom. The van der Waals surface area contributed by atoms with Crippen molar-refractivity contribution in [1.82, 2.24) is 5.32 Å². The third-order valence-corrected chi connectivity index (χ3v) is 3.71. The van der Waals surface area contributed by atoms with Crippen LogP contribution in [0.3, 0.4) is 0 Å². The van der Waals surface area contributed by atoms with Gasteiger partial charge in [-0.05, 0) is 36.4 Å². The normalized spacial score (nSPS) is 10.2. The fourth-order valence-corrected chi connectivity index (χ4v) is 2.37. The average molecular weight is 363 g/mol. The van der Waals surface area contributed by atoms with Crippen LogP contribution in [0.2, 0.25) is 5.02 Å². The van der Waals surface area contributed by atoms with Crippen LogP contribution in [-0.4, -0.2) is 39.2 Å². The SMILES string of the molecule is COCCNC(=O)c1ccc(NC(=O)c2cccc(OC)c2)cc1Cl. The third-order valence-electron chi connectivity index (χ3n) is 3.40. The lowest BCUT2D eigenvalue weighted by Gasteiger charge is -2.10. The van der Waals surface area contributed by atoms with E-state index in [4.69, 9.17) is 21.1 Å². The second-order valence-electron chi connectivity index (χ2n) is 5.13. The fourth-order valence-electron chi connectivity index (χ4n) is 2.11. The third kappa shape index (κ3) is 5.20. The molecule has 0 saturated carbocycles. The van der Waals surface area contributed by atoms with Gasteiger partial charge in [0.05, 0.1) is 24.3 Å². The molecule has 2 aromatic carbocycles. The van der Waals surface area contributed by atoms with Gasteiger partial charge in [0.2, 0.25) is 0 Å². The molecule has 0 unspecified atom stereocenters. The predicted molar refractivity (Wildman–Crippen MR) is 96.6 cm³/mol. The summed E-state index contributed by atoms with van der Waals surface area (Å²) in [5, 5.41) is 5.68. The first-order chi connectivity index (χ1) is 12.0. The highest BCUT2D eigenvalue weighted by Crippen LogP contribution is 2.22. The van der Waals surface area contributed by atoms with E-state index in [0.29, 0.717) is 35.7 Å². The molecule has 0 heterocycles. The van der Waals surface area contributed by atoms with E-state index in [-0.39, 0.29) is 16.8 Å². The average Bonchev–Trinajstić information content (AvgIpc) is 2.62. The molecule has 0 bridgehead atoms. The zero-order valence-electron chi connectivity index (χ0n) is 14.0. The van der Waals surface area contributed by atoms with Gasteiger partial charge in [-0.25, -0.2) is 0 Å². The minimum Gasteiger partial charge on any atom is -0.497 e. The number of amides is 2. The van der Waals surface area contributed by atoms with Crippen molar-refractivity contribution in [3.8, 4) is 5.75 Å². The molecule has 0 aliphatic rings. The van der Waals surface area contributed by atoms with Crippen LogP contribution < -0.4 is 15.4 Å². The van der Waals surface area contributed by atoms with Crippen LogP contribution in [0.25, 0.3) is 0 Å². The Labute approximate surface area is 151 Å². The van der Waals surface area contributed by atoms with Crippen LogP contribution in [0.1, 0.15) is 20.7 Å². The van der Waals surface area contributed by atoms with Crippen molar-refractivity contribution in [2.75, 3.05) is 32.7 Å². The molecule has 0 spiro atoms. The second-order valence-corrected chi connectivity index (χ2v) is 5.54. The lowest BCUT2D eigenvalue weighted by Crippen LogP contribution is -2.27. The molecular weight excluding hydrogens is 344 g/mol. The van der Waals surface area contributed by atoms with Crippen LogP contribution in [0.15, 0.2) is 42.5 Å². The fraction of sp³-hybridized carbons (Fsp3) is 0.222. The van der Waals surface area contributed by atoms with Gasteiger partial charge in [-0.1, -0.05) is 17.7 Å². The van der Waals surface area contributed by atoms with Crippen LogP contribution in [0, 0.1) is 0 Å². The highest BCUT2D eigenvalue weighted by Gasteiger charge is 2.12. The molecule has 132 valence electrons. The summed E-state index contributed by atoms with van der Waals surface area (Å²) in [6.07, 6.45) is 0. The van der Waals surface area contributed by atoms with Crippen LogP contribution >= 0.6 is 11.6 Å². The number of carbonyl (C=O) groups excluding carboxylic acids is 2. The molecule has 0 aliphatic carbocycles. The Morgan fingerprint density at radius 1 is 1.08 bits per heavy atom. The zero-order valence-corrected chi connectivity index (χ0v) is 14.7. The van der Waals surface area contributed by atoms with Crippen molar-refractivity contribution in [1.29, 1.82) is 0 Å². The van der Waals surface area contributed by atoms with E-state index in [1.54, 1.807) is 43.5 Å². The molecule has 6 nitrogen and oxygen atoms in total. The van der Waals surface area contributed by atoms with Crippen molar-refractivity contribution >= 4 is 29.1 Å². The van der Waals surface area contributed by atoms with Gasteiger partial charge in [0.1, 0.15) is 5.75 Å². The zero-order chi connectivity index (χ0) is 18.2. The van der Waals surface area contributed by atoms with Gasteiger partial charge >= 0.3 is 0 Å². The van der Waals surface area contributed by atoms with E-state index in [2.05, 4.69) is 10.6 Å². The molecule has 25 heavy (non-hydrogen) atoms. The summed E-state index contributed by atoms with van der Waals surface area (Å²) in [4.78, 5) is 24.3. The molecule has 0 atom stereocenters. The van der Waals surface area contributed by atoms with Crippen LogP contribution in [0.5, 0.6) is 5.75 Å². The van der Waals surface area contributed by atoms with Crippen molar-refractivity contribution in [3.05, 3.63) is 58.6 Å². The molecule has 2 amide bonds. The minimum absolute atomic E-state index is 0.248. The number of anilines is 1. The highest BCUT2D eigenvalue weighted by molar-refractivity contribution is 6.34. The number of benzene rings is 2. The van der Waals surface area contributed by atoms with E-state index in [0.717, 1.165) is 0 Å². The highest BCUT2D eigenvalue weighted by atomic mass is 35.5. The Bertz CT molecular complexity index is 764. The summed E-state index contributed by atoms with van der Waals surface area (Å²) in [6.45, 7) is 0.804. The first-order valence-electron chi connectivity index (χ1n) is 7.57. The Balaban J connectivity index is 2.07. The van der Waals surface area contributed by atoms with Gasteiger partial charge in [0.25, 0.3) is 11.8 Å². The lowest BCUT2D eigenvalue weighted by molar-refractivity contribution is 0.0937. The maximum Gasteiger partial charge on any atom is 0.255 e. The molecule has 7 heteroatoms. The number of halogens is 1. The van der Waals surface area contributed by atoms with Crippen molar-refractivity contribution in [2.24, 2.45) is 0 Å². The Hall–Kier alpha value is -2.57. The number of ether oxygens (including phenoxy) is 2. The molecule has 0 radical (unpaired) electrons. The predicted octanol–water partition coefficient (Wildman–Crippen LogP) is 2.98. The van der Waals surface area contributed by atoms with Crippen molar-refractivity contribution < 1.29 is 19.1 Å². The summed E-state index contributed by atoms with van der Waals surface area (Å²) in [7, 11) is 3.09. The minimum atomic E-state index is -0.299. The second kappa shape index (κ2) is 9.05. The van der Waals surface area contributed by atoms with Crippen LogP contribution in [0.4, 0.5) is 5.69 Å². The summed E-state index contributed by atoms with van der Waals surface area (Å²) in [5.41, 5.74) is 1.28. The standard InChI is InChI=1S/C18H19ClN2O4/c1-24-9-8-20-18(23)15-7-6-13(11-16(15)19)21-17(22)12-4-3-5-14(10-12)25-2/h3-7,10-11H,8-9H2,1-2H3,(H,20,23)(H,21,22). The number of nitrogens with one attached hydrogen (secondary N) is 2. The van der Waals surface area contributed by atoms with E-state index >= 15 is 0 Å². The molecule has 2 aromatic rings. The molecule has 0 fully saturated rings. The Kier molecular flexibility index (Phi) is 6.80. The monoisotopic (exact) mass is 362 g/mol. The van der Waals surface area contributed by atoms with Gasteiger partial charge in [0.15, 0.2) is 0 Å². The van der Waals surface area contributed by atoms with Gasteiger partial charge in [-0.2, -0.15) is 0 Å². The summed E-state index contributed by atoms with van der Waals surface area (Å²) in [5.74, 6) is -0.00579. The smallest absolute Gasteiger partial charge is 0.255 e. The summed E-state index contributed by atoms with van der Waals surface area (Å²) >= 11 is 6.15. The largest absolute Gasteiger partial charge is 0.497 e. The number of methoxy groups -OCH3 is 2. The maximum absolute atomic E-state index is 12.3. The van der Waals surface area contributed by atoms with Crippen molar-refractivity contribution in [2.45, 2.75) is 0 Å². The Morgan fingerprint density at radius 2 is 1.88 bits per heavy atom. The van der Waals surface area contributed by atoms with E-state index in [1.807, 2.05) is 0 Å². The summed E-state index contributed by atoms with van der Waals surface area (Å²) < 4.78 is 9.98. The molecule has 2 rings (SSSR count). The number of hydrogen-bond acceptors (Lipinski definition) is 4. The maximum atomic E-state index is 12.3. The summed E-state index contributed by atoms with van der Waals surface area (Å²) in [6, 6.07) is 11.5. The first kappa shape index (κ1) is 18.8. The van der Waals surface area contributed by atoms with Gasteiger partial charge in [-0.3, -0.25) is 9.59 Å². The lowest BCUT2D eigenvalue weighted by atomic mass is 10.1. The van der Waals surface area contributed by atoms with E-state index < -0.39 is 0 Å². The number of rotatable bonds is 7. The van der Waals surface area contributed by atoms with Crippen molar-refractivity contribution in [3.63, 3.8) is 0 Å². The molecule has 0 saturated heterocycles. The van der Waals surface area contributed by atoms with E-state index in [9.17, 15) is 9.59 Å². The molecular formula is C18H19ClN2O4. The molecule has 0 aliphatic heterocycles. The topological polar surface area (TPSA) is 76.7 Å². The van der Waals surface area contributed by atoms with Gasteiger partial charge < -0.3 is 20.1 Å². The van der Waals surface area contributed by atoms with E-state index in [1.165, 1.54) is 13.2 Å². The first-order valence-corrected chi connectivity index (χ1v) is 7.95. The van der Waals surface area contributed by atoms with Gasteiger partial charge in [-0.15, -0.1) is 0 Å². The van der Waals surface area contributed by atoms with Gasteiger partial charge in [0, 0.05) is 24.9 Å². The van der Waals surface area contributed by atoms with Crippen LogP contribution in [-0.2, 0) is 4.74 Å². The molecule has 0 aromatic heterocycles. The quantitative estimate of drug-likeness (QED) is 0.742. The molecule has 2 N–H and O–H groups in total. The number of hydrogen-bond donors (Lipinski definition) is 2.